The van der Waals surface area contributed by atoms with Gasteiger partial charge in [0.2, 0.25) is 10.0 Å². The third-order valence-electron chi connectivity index (χ3n) is 3.89. The first-order valence-corrected chi connectivity index (χ1v) is 11.2. The number of halogens is 2. The van der Waals surface area contributed by atoms with E-state index in [0.29, 0.717) is 21.6 Å². The average Bonchev–Trinajstić information content (AvgIpc) is 3.10. The van der Waals surface area contributed by atoms with Crippen LogP contribution in [0.1, 0.15) is 20.8 Å². The molecule has 3 N–H and O–H groups in total. The van der Waals surface area contributed by atoms with Crippen LogP contribution in [0.2, 0.25) is 10.0 Å². The van der Waals surface area contributed by atoms with Crippen LogP contribution in [0.4, 0.5) is 5.13 Å². The molecule has 2 aromatic carbocycles. The number of sulfonamides is 1. The van der Waals surface area contributed by atoms with Gasteiger partial charge in [-0.3, -0.25) is 10.1 Å². The summed E-state index contributed by atoms with van der Waals surface area (Å²) in [4.78, 5) is 17.5. The van der Waals surface area contributed by atoms with Crippen LogP contribution in [0.25, 0.3) is 0 Å². The Morgan fingerprint density at radius 3 is 2.69 bits per heavy atom. The Balaban J connectivity index is 1.81. The van der Waals surface area contributed by atoms with Crippen molar-refractivity contribution in [1.82, 2.24) is 4.98 Å². The molecule has 0 aliphatic rings. The maximum absolute atomic E-state index is 12.6. The Labute approximate surface area is 181 Å². The number of amides is 1. The second kappa shape index (κ2) is 8.68. The Bertz CT molecular complexity index is 1180. The fourth-order valence-electron chi connectivity index (χ4n) is 2.52. The number of rotatable bonds is 6. The molecular formula is C18H15Cl2N3O4S2. The topological polar surface area (TPSA) is 111 Å². The van der Waals surface area contributed by atoms with Crippen LogP contribution in [-0.2, 0) is 16.4 Å². The molecule has 0 saturated carbocycles. The third kappa shape index (κ3) is 5.26. The van der Waals surface area contributed by atoms with Crippen molar-refractivity contribution in [1.29, 1.82) is 0 Å². The molecule has 0 spiro atoms. The predicted octanol–water partition coefficient (Wildman–Crippen LogP) is 3.95. The summed E-state index contributed by atoms with van der Waals surface area (Å²) in [5.41, 5.74) is 0.858. The predicted molar refractivity (Wildman–Crippen MR) is 114 cm³/mol. The van der Waals surface area contributed by atoms with Crippen LogP contribution in [-0.4, -0.2) is 26.4 Å². The number of thiazole rings is 1. The molecule has 3 aromatic rings. The molecular weight excluding hydrogens is 457 g/mol. The number of aromatic nitrogens is 1. The van der Waals surface area contributed by atoms with Gasteiger partial charge in [-0.15, -0.1) is 11.3 Å². The number of carbonyl (C=O) groups excluding carboxylic acids is 1. The lowest BCUT2D eigenvalue weighted by molar-refractivity contribution is 0.102. The summed E-state index contributed by atoms with van der Waals surface area (Å²) in [6, 6.07) is 8.97. The van der Waals surface area contributed by atoms with Gasteiger partial charge in [-0.1, -0.05) is 23.2 Å². The molecule has 0 aliphatic carbocycles. The first-order valence-electron chi connectivity index (χ1n) is 8.08. The molecule has 0 radical (unpaired) electrons. The van der Waals surface area contributed by atoms with Gasteiger partial charge in [-0.2, -0.15) is 0 Å². The normalized spacial score (nSPS) is 11.3. The highest BCUT2D eigenvalue weighted by molar-refractivity contribution is 7.89. The summed E-state index contributed by atoms with van der Waals surface area (Å²) in [5.74, 6) is -0.369. The van der Waals surface area contributed by atoms with Crippen LogP contribution in [0.3, 0.4) is 0 Å². The van der Waals surface area contributed by atoms with Crippen molar-refractivity contribution in [2.24, 2.45) is 5.14 Å². The zero-order valence-corrected chi connectivity index (χ0v) is 18.1. The number of ether oxygens (including phenoxy) is 1. The Kier molecular flexibility index (Phi) is 6.45. The van der Waals surface area contributed by atoms with E-state index in [2.05, 4.69) is 10.3 Å². The van der Waals surface area contributed by atoms with Crippen LogP contribution >= 0.6 is 34.5 Å². The van der Waals surface area contributed by atoms with E-state index in [4.69, 9.17) is 33.1 Å². The second-order valence-corrected chi connectivity index (χ2v) is 9.43. The standard InChI is InChI=1S/C18H15Cl2N3O4S2/c1-27-16-5-3-13(29(21,25)26)8-14(16)17(24)23-18-22-9-12(28-18)7-10-6-11(19)2-4-15(10)20/h2-6,8-9H,7H2,1H3,(H2,21,25,26)(H,22,23,24). The lowest BCUT2D eigenvalue weighted by Crippen LogP contribution is -2.16. The Morgan fingerprint density at radius 1 is 1.24 bits per heavy atom. The van der Waals surface area contributed by atoms with Crippen molar-refractivity contribution in [2.45, 2.75) is 11.3 Å². The minimum Gasteiger partial charge on any atom is -0.496 e. The molecule has 0 saturated heterocycles. The number of hydrogen-bond acceptors (Lipinski definition) is 6. The van der Waals surface area contributed by atoms with Crippen LogP contribution in [0, 0.1) is 0 Å². The first-order chi connectivity index (χ1) is 13.7. The largest absolute Gasteiger partial charge is 0.496 e. The molecule has 29 heavy (non-hydrogen) atoms. The van der Waals surface area contributed by atoms with Crippen molar-refractivity contribution in [3.63, 3.8) is 0 Å². The maximum atomic E-state index is 12.6. The monoisotopic (exact) mass is 471 g/mol. The van der Waals surface area contributed by atoms with Crippen LogP contribution in [0.5, 0.6) is 5.75 Å². The van der Waals surface area contributed by atoms with Gasteiger partial charge >= 0.3 is 0 Å². The van der Waals surface area contributed by atoms with Gasteiger partial charge in [0, 0.05) is 27.5 Å². The van der Waals surface area contributed by atoms with Crippen LogP contribution in [0.15, 0.2) is 47.5 Å². The van der Waals surface area contributed by atoms with E-state index < -0.39 is 15.9 Å². The summed E-state index contributed by atoms with van der Waals surface area (Å²) < 4.78 is 28.3. The number of primary sulfonamides is 1. The molecule has 152 valence electrons. The van der Waals surface area contributed by atoms with Crippen molar-refractivity contribution >= 4 is 55.6 Å². The maximum Gasteiger partial charge on any atom is 0.261 e. The van der Waals surface area contributed by atoms with Crippen molar-refractivity contribution in [2.75, 3.05) is 12.4 Å². The summed E-state index contributed by atoms with van der Waals surface area (Å²) >= 11 is 13.5. The molecule has 0 atom stereocenters. The minimum absolute atomic E-state index is 0.0219. The van der Waals surface area contributed by atoms with Gasteiger partial charge in [-0.05, 0) is 42.0 Å². The molecule has 1 aromatic heterocycles. The molecule has 1 heterocycles. The molecule has 0 aliphatic heterocycles. The smallest absolute Gasteiger partial charge is 0.261 e. The molecule has 1 amide bonds. The van der Waals surface area contributed by atoms with E-state index in [-0.39, 0.29) is 16.2 Å². The highest BCUT2D eigenvalue weighted by atomic mass is 35.5. The highest BCUT2D eigenvalue weighted by Crippen LogP contribution is 2.28. The summed E-state index contributed by atoms with van der Waals surface area (Å²) in [6.07, 6.45) is 2.12. The van der Waals surface area contributed by atoms with E-state index in [1.54, 1.807) is 24.4 Å². The average molecular weight is 472 g/mol. The lowest BCUT2D eigenvalue weighted by atomic mass is 10.1. The minimum atomic E-state index is -3.97. The summed E-state index contributed by atoms with van der Waals surface area (Å²) in [6.45, 7) is 0. The van der Waals surface area contributed by atoms with E-state index in [9.17, 15) is 13.2 Å². The van der Waals surface area contributed by atoms with Crippen LogP contribution < -0.4 is 15.2 Å². The number of nitrogens with two attached hydrogens (primary N) is 1. The summed E-state index contributed by atoms with van der Waals surface area (Å²) in [7, 11) is -2.59. The SMILES string of the molecule is COc1ccc(S(N)(=O)=O)cc1C(=O)Nc1ncc(Cc2cc(Cl)ccc2Cl)s1. The molecule has 0 fully saturated rings. The fraction of sp³-hybridized carbons (Fsp3) is 0.111. The number of nitrogens with one attached hydrogen (secondary N) is 1. The number of benzene rings is 2. The van der Waals surface area contributed by atoms with Gasteiger partial charge in [0.1, 0.15) is 5.75 Å². The van der Waals surface area contributed by atoms with Gasteiger partial charge < -0.3 is 4.74 Å². The van der Waals surface area contributed by atoms with E-state index in [1.807, 2.05) is 0 Å². The highest BCUT2D eigenvalue weighted by Gasteiger charge is 2.18. The van der Waals surface area contributed by atoms with E-state index in [0.717, 1.165) is 16.5 Å². The quantitative estimate of drug-likeness (QED) is 0.565. The number of anilines is 1. The molecule has 0 bridgehead atoms. The van der Waals surface area contributed by atoms with Crippen molar-refractivity contribution in [3.8, 4) is 5.75 Å². The Morgan fingerprint density at radius 2 is 2.00 bits per heavy atom. The first kappa shape index (κ1) is 21.5. The van der Waals surface area contributed by atoms with Gasteiger partial charge in [0.25, 0.3) is 5.91 Å². The Hall–Kier alpha value is -2.17. The van der Waals surface area contributed by atoms with Crippen molar-refractivity contribution in [3.05, 3.63) is 68.6 Å². The number of hydrogen-bond donors (Lipinski definition) is 2. The molecule has 3 rings (SSSR count). The number of methoxy groups -OCH3 is 1. The van der Waals surface area contributed by atoms with Gasteiger partial charge in [0.05, 0.1) is 17.6 Å². The second-order valence-electron chi connectivity index (χ2n) is 5.91. The van der Waals surface area contributed by atoms with E-state index in [1.165, 1.54) is 30.6 Å². The molecule has 7 nitrogen and oxygen atoms in total. The number of carbonyl (C=O) groups is 1. The molecule has 0 unspecified atom stereocenters. The fourth-order valence-corrected chi connectivity index (χ4v) is 4.27. The van der Waals surface area contributed by atoms with Crippen molar-refractivity contribution < 1.29 is 17.9 Å². The number of nitrogens with zero attached hydrogens (tertiary/aromatic N) is 1. The zero-order chi connectivity index (χ0) is 21.2. The molecule has 11 heteroatoms. The van der Waals surface area contributed by atoms with Gasteiger partial charge in [-0.25, -0.2) is 18.5 Å². The third-order valence-corrected chi connectivity index (χ3v) is 6.32. The summed E-state index contributed by atoms with van der Waals surface area (Å²) in [5, 5.41) is 9.27. The zero-order valence-electron chi connectivity index (χ0n) is 15.0. The lowest BCUT2D eigenvalue weighted by Gasteiger charge is -2.09. The van der Waals surface area contributed by atoms with E-state index >= 15 is 0 Å². The van der Waals surface area contributed by atoms with Gasteiger partial charge in [0.15, 0.2) is 5.13 Å².